The number of aliphatic hydroxyl groups excluding tert-OH is 1. The quantitative estimate of drug-likeness (QED) is 0.580. The van der Waals surface area contributed by atoms with E-state index in [0.29, 0.717) is 11.3 Å². The van der Waals surface area contributed by atoms with Crippen LogP contribution in [0.1, 0.15) is 39.4 Å². The molecule has 0 aromatic carbocycles. The van der Waals surface area contributed by atoms with Crippen molar-refractivity contribution in [1.82, 2.24) is 0 Å². The Balaban J connectivity index is 1.59. The topological polar surface area (TPSA) is 57.5 Å². The molecule has 0 aliphatic heterocycles. The average Bonchev–Trinajstić information content (AvgIpc) is 3.28. The highest BCUT2D eigenvalue weighted by molar-refractivity contribution is 7.13. The van der Waals surface area contributed by atoms with E-state index >= 15 is 0 Å². The van der Waals surface area contributed by atoms with Crippen LogP contribution in [0, 0.1) is 23.7 Å². The first-order chi connectivity index (χ1) is 12.0. The minimum absolute atomic E-state index is 0.0605. The summed E-state index contributed by atoms with van der Waals surface area (Å²) in [6, 6.07) is 5.51. The Morgan fingerprint density at radius 3 is 2.88 bits per heavy atom. The molecule has 1 aliphatic rings. The van der Waals surface area contributed by atoms with Gasteiger partial charge in [-0.3, -0.25) is 0 Å². The SMILES string of the molecule is O=C(O)c1ccc(CCCC2[C@@H](C#Cc3ccsc3)C(O)C[C@H]2Cl)s1. The van der Waals surface area contributed by atoms with Gasteiger partial charge in [-0.05, 0) is 55.2 Å². The van der Waals surface area contributed by atoms with E-state index in [4.69, 9.17) is 16.7 Å². The van der Waals surface area contributed by atoms with Gasteiger partial charge in [0.2, 0.25) is 0 Å². The lowest BCUT2D eigenvalue weighted by molar-refractivity contribution is 0.0702. The van der Waals surface area contributed by atoms with Crippen LogP contribution in [0.4, 0.5) is 0 Å². The lowest BCUT2D eigenvalue weighted by Crippen LogP contribution is -2.19. The van der Waals surface area contributed by atoms with Gasteiger partial charge in [-0.1, -0.05) is 11.8 Å². The first kappa shape index (κ1) is 18.5. The van der Waals surface area contributed by atoms with Crippen molar-refractivity contribution in [1.29, 1.82) is 0 Å². The van der Waals surface area contributed by atoms with Crippen LogP contribution in [0.15, 0.2) is 29.0 Å². The van der Waals surface area contributed by atoms with Gasteiger partial charge in [-0.15, -0.1) is 22.9 Å². The third-order valence-electron chi connectivity index (χ3n) is 4.54. The van der Waals surface area contributed by atoms with Crippen LogP contribution in [0.2, 0.25) is 0 Å². The molecule has 6 heteroatoms. The van der Waals surface area contributed by atoms with E-state index in [1.54, 1.807) is 17.4 Å². The summed E-state index contributed by atoms with van der Waals surface area (Å²) in [6.45, 7) is 0. The van der Waals surface area contributed by atoms with Crippen molar-refractivity contribution in [2.24, 2.45) is 11.8 Å². The molecule has 0 saturated heterocycles. The Labute approximate surface area is 160 Å². The van der Waals surface area contributed by atoms with Crippen LogP contribution in [0.5, 0.6) is 0 Å². The first-order valence-corrected chi connectivity index (χ1v) is 10.4. The number of alkyl halides is 1. The van der Waals surface area contributed by atoms with Gasteiger partial charge in [0, 0.05) is 21.2 Å². The van der Waals surface area contributed by atoms with Gasteiger partial charge in [-0.25, -0.2) is 4.79 Å². The van der Waals surface area contributed by atoms with Gasteiger partial charge in [0.1, 0.15) is 4.88 Å². The third kappa shape index (κ3) is 4.65. The van der Waals surface area contributed by atoms with Gasteiger partial charge >= 0.3 is 5.97 Å². The molecule has 2 unspecified atom stereocenters. The van der Waals surface area contributed by atoms with E-state index in [-0.39, 0.29) is 17.2 Å². The minimum Gasteiger partial charge on any atom is -0.477 e. The normalized spacial score (nSPS) is 25.5. The molecule has 1 saturated carbocycles. The molecule has 132 valence electrons. The zero-order valence-electron chi connectivity index (χ0n) is 13.5. The van der Waals surface area contributed by atoms with E-state index in [2.05, 4.69) is 11.8 Å². The Bertz CT molecular complexity index is 772. The molecule has 0 bridgehead atoms. The van der Waals surface area contributed by atoms with Gasteiger partial charge in [0.25, 0.3) is 0 Å². The Kier molecular flexibility index (Phi) is 6.19. The minimum atomic E-state index is -0.875. The molecule has 1 aliphatic carbocycles. The average molecular weight is 395 g/mol. The van der Waals surface area contributed by atoms with Crippen molar-refractivity contribution < 1.29 is 15.0 Å². The molecule has 2 aromatic rings. The summed E-state index contributed by atoms with van der Waals surface area (Å²) in [5.41, 5.74) is 0.980. The summed E-state index contributed by atoms with van der Waals surface area (Å²) in [7, 11) is 0. The van der Waals surface area contributed by atoms with Crippen molar-refractivity contribution in [3.05, 3.63) is 44.3 Å². The monoisotopic (exact) mass is 394 g/mol. The molecular weight excluding hydrogens is 376 g/mol. The molecular formula is C19H19ClO3S2. The zero-order valence-corrected chi connectivity index (χ0v) is 15.9. The van der Waals surface area contributed by atoms with Crippen LogP contribution in [-0.4, -0.2) is 27.7 Å². The number of halogens is 1. The highest BCUT2D eigenvalue weighted by Crippen LogP contribution is 2.39. The number of carbonyl (C=O) groups is 1. The van der Waals surface area contributed by atoms with Crippen LogP contribution in [0.3, 0.4) is 0 Å². The molecule has 2 aromatic heterocycles. The number of carboxylic acids is 1. The zero-order chi connectivity index (χ0) is 17.8. The third-order valence-corrected chi connectivity index (χ3v) is 6.86. The van der Waals surface area contributed by atoms with Crippen molar-refractivity contribution in [2.45, 2.75) is 37.2 Å². The molecule has 3 rings (SSSR count). The fourth-order valence-electron chi connectivity index (χ4n) is 3.27. The number of thiophene rings is 2. The Morgan fingerprint density at radius 2 is 2.20 bits per heavy atom. The van der Waals surface area contributed by atoms with E-state index in [0.717, 1.165) is 29.7 Å². The summed E-state index contributed by atoms with van der Waals surface area (Å²) in [5.74, 6) is 5.58. The molecule has 25 heavy (non-hydrogen) atoms. The van der Waals surface area contributed by atoms with Gasteiger partial charge < -0.3 is 10.2 Å². The summed E-state index contributed by atoms with van der Waals surface area (Å²) < 4.78 is 0. The van der Waals surface area contributed by atoms with Crippen molar-refractivity contribution in [3.8, 4) is 11.8 Å². The van der Waals surface area contributed by atoms with Crippen LogP contribution in [-0.2, 0) is 6.42 Å². The predicted octanol–water partition coefficient (Wildman–Crippen LogP) is 4.49. The molecule has 0 radical (unpaired) electrons. The Hall–Kier alpha value is -1.32. The van der Waals surface area contributed by atoms with Crippen LogP contribution < -0.4 is 0 Å². The summed E-state index contributed by atoms with van der Waals surface area (Å²) >= 11 is 9.39. The van der Waals surface area contributed by atoms with Crippen molar-refractivity contribution in [2.75, 3.05) is 0 Å². The molecule has 1 fully saturated rings. The molecule has 0 spiro atoms. The lowest BCUT2D eigenvalue weighted by atomic mass is 9.90. The predicted molar refractivity (Wildman–Crippen MR) is 103 cm³/mol. The largest absolute Gasteiger partial charge is 0.477 e. The van der Waals surface area contributed by atoms with E-state index in [1.165, 1.54) is 11.3 Å². The molecule has 4 atom stereocenters. The standard InChI is InChI=1S/C19H19ClO3S2/c20-16-10-17(21)15(6-4-12-8-9-24-11-12)14(16)3-1-2-13-5-7-18(25-13)19(22)23/h5,7-9,11,14-17,21H,1-3,10H2,(H,22,23)/t14?,15-,16-,17?/m1/s1. The maximum Gasteiger partial charge on any atom is 0.345 e. The fourth-order valence-corrected chi connectivity index (χ4v) is 5.21. The highest BCUT2D eigenvalue weighted by atomic mass is 35.5. The number of rotatable bonds is 5. The fraction of sp³-hybridized carbons (Fsp3) is 0.421. The molecule has 2 N–H and O–H groups in total. The maximum absolute atomic E-state index is 10.9. The van der Waals surface area contributed by atoms with Crippen LogP contribution in [0.25, 0.3) is 0 Å². The second-order valence-electron chi connectivity index (χ2n) is 6.25. The number of hydrogen-bond donors (Lipinski definition) is 2. The second-order valence-corrected chi connectivity index (χ2v) is 8.76. The van der Waals surface area contributed by atoms with Crippen LogP contribution >= 0.6 is 34.3 Å². The molecule has 3 nitrogen and oxygen atoms in total. The second kappa shape index (κ2) is 8.37. The van der Waals surface area contributed by atoms with Crippen molar-refractivity contribution >= 4 is 40.2 Å². The summed E-state index contributed by atoms with van der Waals surface area (Å²) in [4.78, 5) is 12.4. The van der Waals surface area contributed by atoms with E-state index < -0.39 is 12.1 Å². The number of aliphatic hydroxyl groups is 1. The lowest BCUT2D eigenvalue weighted by Gasteiger charge is -2.18. The number of aromatic carboxylic acids is 1. The summed E-state index contributed by atoms with van der Waals surface area (Å²) in [6.07, 6.45) is 2.74. The van der Waals surface area contributed by atoms with E-state index in [9.17, 15) is 9.90 Å². The summed E-state index contributed by atoms with van der Waals surface area (Å²) in [5, 5.41) is 23.2. The smallest absolute Gasteiger partial charge is 0.345 e. The van der Waals surface area contributed by atoms with Crippen molar-refractivity contribution in [3.63, 3.8) is 0 Å². The number of hydrogen-bond acceptors (Lipinski definition) is 4. The molecule has 0 amide bonds. The number of carboxylic acid groups (broad SMARTS) is 1. The Morgan fingerprint density at radius 1 is 1.36 bits per heavy atom. The van der Waals surface area contributed by atoms with E-state index in [1.807, 2.05) is 22.9 Å². The highest BCUT2D eigenvalue weighted by Gasteiger charge is 2.40. The maximum atomic E-state index is 10.9. The van der Waals surface area contributed by atoms with Gasteiger partial charge in [0.05, 0.1) is 12.0 Å². The van der Waals surface area contributed by atoms with Gasteiger partial charge in [-0.2, -0.15) is 11.3 Å². The first-order valence-electron chi connectivity index (χ1n) is 8.22. The van der Waals surface area contributed by atoms with Gasteiger partial charge in [0.15, 0.2) is 0 Å². The number of aryl methyl sites for hydroxylation is 1. The molecule has 2 heterocycles.